The molecule has 18 heavy (non-hydrogen) atoms. The number of carbonyl (C=O) groups is 1. The lowest BCUT2D eigenvalue weighted by molar-refractivity contribution is 0.0694. The van der Waals surface area contributed by atoms with Gasteiger partial charge in [0.2, 0.25) is 0 Å². The number of carboxylic acid groups (broad SMARTS) is 1. The Balaban J connectivity index is 1.93. The fourth-order valence-corrected chi connectivity index (χ4v) is 2.14. The molecule has 1 saturated heterocycles. The van der Waals surface area contributed by atoms with Gasteiger partial charge in [0, 0.05) is 11.8 Å². The maximum Gasteiger partial charge on any atom is 0.339 e. The number of anilines is 1. The minimum atomic E-state index is -1.12. The standard InChI is InChI=1S/C13H18N2O3/c16-12-8-10(4-5-11(12)13(17)18)14-9-15-6-2-1-3-7-15/h4-5,8,14,16H,1-3,6-7,9H2,(H,17,18). The Morgan fingerprint density at radius 3 is 2.61 bits per heavy atom. The van der Waals surface area contributed by atoms with E-state index < -0.39 is 5.97 Å². The van der Waals surface area contributed by atoms with Gasteiger partial charge in [-0.3, -0.25) is 4.90 Å². The molecule has 5 heteroatoms. The zero-order valence-electron chi connectivity index (χ0n) is 10.2. The molecule has 1 aromatic carbocycles. The molecule has 1 aliphatic heterocycles. The van der Waals surface area contributed by atoms with E-state index in [-0.39, 0.29) is 11.3 Å². The van der Waals surface area contributed by atoms with Crippen molar-refractivity contribution in [3.8, 4) is 5.75 Å². The van der Waals surface area contributed by atoms with Crippen molar-refractivity contribution in [3.05, 3.63) is 23.8 Å². The molecular weight excluding hydrogens is 232 g/mol. The van der Waals surface area contributed by atoms with E-state index in [0.717, 1.165) is 25.4 Å². The number of nitrogens with zero attached hydrogens (tertiary/aromatic N) is 1. The maximum atomic E-state index is 10.7. The number of aromatic hydroxyl groups is 1. The molecule has 5 nitrogen and oxygen atoms in total. The van der Waals surface area contributed by atoms with Gasteiger partial charge in [0.25, 0.3) is 0 Å². The number of benzene rings is 1. The molecule has 1 aliphatic rings. The summed E-state index contributed by atoms with van der Waals surface area (Å²) in [4.78, 5) is 13.1. The van der Waals surface area contributed by atoms with Crippen molar-refractivity contribution in [3.63, 3.8) is 0 Å². The Hall–Kier alpha value is -1.75. The zero-order chi connectivity index (χ0) is 13.0. The molecule has 0 bridgehead atoms. The molecule has 0 radical (unpaired) electrons. The van der Waals surface area contributed by atoms with Crippen molar-refractivity contribution in [2.45, 2.75) is 19.3 Å². The third kappa shape index (κ3) is 3.13. The molecule has 0 spiro atoms. The van der Waals surface area contributed by atoms with Gasteiger partial charge >= 0.3 is 5.97 Å². The van der Waals surface area contributed by atoms with E-state index in [1.54, 1.807) is 6.07 Å². The number of piperidine rings is 1. The minimum Gasteiger partial charge on any atom is -0.507 e. The van der Waals surface area contributed by atoms with Crippen LogP contribution >= 0.6 is 0 Å². The number of aromatic carboxylic acids is 1. The first-order valence-corrected chi connectivity index (χ1v) is 6.19. The quantitative estimate of drug-likeness (QED) is 0.761. The molecule has 3 N–H and O–H groups in total. The Labute approximate surface area is 106 Å². The third-order valence-corrected chi connectivity index (χ3v) is 3.18. The summed E-state index contributed by atoms with van der Waals surface area (Å²) in [7, 11) is 0. The lowest BCUT2D eigenvalue weighted by atomic mass is 10.1. The number of nitrogens with one attached hydrogen (secondary N) is 1. The normalized spacial score (nSPS) is 16.4. The second kappa shape index (κ2) is 5.73. The van der Waals surface area contributed by atoms with E-state index in [1.165, 1.54) is 31.4 Å². The van der Waals surface area contributed by atoms with Crippen LogP contribution in [0, 0.1) is 0 Å². The molecule has 1 fully saturated rings. The molecule has 1 heterocycles. The van der Waals surface area contributed by atoms with Crippen molar-refractivity contribution in [2.24, 2.45) is 0 Å². The number of phenols is 1. The topological polar surface area (TPSA) is 72.8 Å². The summed E-state index contributed by atoms with van der Waals surface area (Å²) in [6.07, 6.45) is 3.75. The molecular formula is C13H18N2O3. The smallest absolute Gasteiger partial charge is 0.339 e. The number of rotatable bonds is 4. The van der Waals surface area contributed by atoms with Crippen molar-refractivity contribution < 1.29 is 15.0 Å². The number of hydrogen-bond acceptors (Lipinski definition) is 4. The van der Waals surface area contributed by atoms with Gasteiger partial charge in [-0.2, -0.15) is 0 Å². The van der Waals surface area contributed by atoms with Crippen molar-refractivity contribution in [1.82, 2.24) is 4.90 Å². The van der Waals surface area contributed by atoms with Gasteiger partial charge in [0.1, 0.15) is 11.3 Å². The van der Waals surface area contributed by atoms with Crippen LogP contribution in [-0.2, 0) is 0 Å². The summed E-state index contributed by atoms with van der Waals surface area (Å²) in [5.74, 6) is -1.32. The highest BCUT2D eigenvalue weighted by atomic mass is 16.4. The fourth-order valence-electron chi connectivity index (χ4n) is 2.14. The monoisotopic (exact) mass is 250 g/mol. The summed E-state index contributed by atoms with van der Waals surface area (Å²) >= 11 is 0. The van der Waals surface area contributed by atoms with Crippen LogP contribution in [0.3, 0.4) is 0 Å². The zero-order valence-corrected chi connectivity index (χ0v) is 10.2. The van der Waals surface area contributed by atoms with Crippen LogP contribution in [0.1, 0.15) is 29.6 Å². The molecule has 0 amide bonds. The SMILES string of the molecule is O=C(O)c1ccc(NCN2CCCCC2)cc1O. The lowest BCUT2D eigenvalue weighted by Gasteiger charge is -2.26. The van der Waals surface area contributed by atoms with E-state index in [4.69, 9.17) is 5.11 Å². The van der Waals surface area contributed by atoms with Crippen LogP contribution in [-0.4, -0.2) is 40.8 Å². The van der Waals surface area contributed by atoms with Crippen molar-refractivity contribution >= 4 is 11.7 Å². The van der Waals surface area contributed by atoms with Gasteiger partial charge in [0.05, 0.1) is 6.67 Å². The molecule has 0 unspecified atom stereocenters. The van der Waals surface area contributed by atoms with Gasteiger partial charge in [-0.25, -0.2) is 4.79 Å². The predicted molar refractivity (Wildman–Crippen MR) is 69.0 cm³/mol. The van der Waals surface area contributed by atoms with Crippen LogP contribution in [0.25, 0.3) is 0 Å². The average Bonchev–Trinajstić information content (AvgIpc) is 2.37. The molecule has 0 atom stereocenters. The molecule has 1 aromatic rings. The second-order valence-corrected chi connectivity index (χ2v) is 4.55. The average molecular weight is 250 g/mol. The highest BCUT2D eigenvalue weighted by Gasteiger charge is 2.11. The van der Waals surface area contributed by atoms with Gasteiger partial charge in [-0.1, -0.05) is 6.42 Å². The van der Waals surface area contributed by atoms with Crippen LogP contribution in [0.5, 0.6) is 5.75 Å². The van der Waals surface area contributed by atoms with Gasteiger partial charge < -0.3 is 15.5 Å². The van der Waals surface area contributed by atoms with E-state index in [9.17, 15) is 9.90 Å². The Morgan fingerprint density at radius 2 is 2.00 bits per heavy atom. The Bertz CT molecular complexity index is 428. The van der Waals surface area contributed by atoms with Gasteiger partial charge in [-0.05, 0) is 38.1 Å². The summed E-state index contributed by atoms with van der Waals surface area (Å²) in [6.45, 7) is 2.91. The summed E-state index contributed by atoms with van der Waals surface area (Å²) < 4.78 is 0. The molecule has 2 rings (SSSR count). The molecule has 0 saturated carbocycles. The van der Waals surface area contributed by atoms with Crippen LogP contribution in [0.4, 0.5) is 5.69 Å². The predicted octanol–water partition coefficient (Wildman–Crippen LogP) is 1.95. The van der Waals surface area contributed by atoms with Gasteiger partial charge in [-0.15, -0.1) is 0 Å². The van der Waals surface area contributed by atoms with Gasteiger partial charge in [0.15, 0.2) is 0 Å². The highest BCUT2D eigenvalue weighted by molar-refractivity contribution is 5.91. The first kappa shape index (κ1) is 12.7. The second-order valence-electron chi connectivity index (χ2n) is 4.55. The maximum absolute atomic E-state index is 10.7. The minimum absolute atomic E-state index is 0.0708. The Kier molecular flexibility index (Phi) is 4.04. The van der Waals surface area contributed by atoms with Crippen LogP contribution < -0.4 is 5.32 Å². The van der Waals surface area contributed by atoms with Crippen molar-refractivity contribution in [1.29, 1.82) is 0 Å². The van der Waals surface area contributed by atoms with Crippen LogP contribution in [0.2, 0.25) is 0 Å². The highest BCUT2D eigenvalue weighted by Crippen LogP contribution is 2.22. The van der Waals surface area contributed by atoms with Crippen molar-refractivity contribution in [2.75, 3.05) is 25.1 Å². The summed E-state index contributed by atoms with van der Waals surface area (Å²) in [5.41, 5.74) is 0.668. The molecule has 0 aromatic heterocycles. The Morgan fingerprint density at radius 1 is 1.28 bits per heavy atom. The lowest BCUT2D eigenvalue weighted by Crippen LogP contribution is -2.34. The third-order valence-electron chi connectivity index (χ3n) is 3.18. The fraction of sp³-hybridized carbons (Fsp3) is 0.462. The number of hydrogen-bond donors (Lipinski definition) is 3. The molecule has 98 valence electrons. The number of carboxylic acids is 1. The largest absolute Gasteiger partial charge is 0.507 e. The first-order valence-electron chi connectivity index (χ1n) is 6.19. The van der Waals surface area contributed by atoms with E-state index in [0.29, 0.717) is 0 Å². The molecule has 0 aliphatic carbocycles. The van der Waals surface area contributed by atoms with E-state index in [2.05, 4.69) is 10.2 Å². The van der Waals surface area contributed by atoms with E-state index in [1.807, 2.05) is 0 Å². The number of likely N-dealkylation sites (tertiary alicyclic amines) is 1. The first-order chi connectivity index (χ1) is 8.66. The van der Waals surface area contributed by atoms with Crippen LogP contribution in [0.15, 0.2) is 18.2 Å². The summed E-state index contributed by atoms with van der Waals surface area (Å²) in [6, 6.07) is 4.54. The summed E-state index contributed by atoms with van der Waals surface area (Å²) in [5, 5.41) is 21.6. The van der Waals surface area contributed by atoms with E-state index >= 15 is 0 Å².